The molecular weight excluding hydrogens is 314 g/mol. The summed E-state index contributed by atoms with van der Waals surface area (Å²) < 4.78 is 56.3. The van der Waals surface area contributed by atoms with Gasteiger partial charge in [-0.3, -0.25) is 8.37 Å². The first kappa shape index (κ1) is 16.8. The van der Waals surface area contributed by atoms with E-state index in [9.17, 15) is 16.8 Å². The van der Waals surface area contributed by atoms with E-state index in [2.05, 4.69) is 4.18 Å². The van der Waals surface area contributed by atoms with Crippen LogP contribution in [0, 0.1) is 0 Å². The van der Waals surface area contributed by atoms with Crippen molar-refractivity contribution in [2.45, 2.75) is 32.8 Å². The van der Waals surface area contributed by atoms with E-state index < -0.39 is 26.5 Å². The minimum atomic E-state index is -3.99. The molecule has 0 spiro atoms. The molecule has 0 bridgehead atoms. The quantitative estimate of drug-likeness (QED) is 0.515. The van der Waals surface area contributed by atoms with Crippen LogP contribution in [0.25, 0.3) is 0 Å². The lowest BCUT2D eigenvalue weighted by Gasteiger charge is -2.22. The van der Waals surface area contributed by atoms with E-state index in [0.29, 0.717) is 6.42 Å². The highest BCUT2D eigenvalue weighted by Gasteiger charge is 2.31. The van der Waals surface area contributed by atoms with Crippen LogP contribution >= 0.6 is 12.2 Å². The average Bonchev–Trinajstić information content (AvgIpc) is 2.63. The molecule has 1 unspecified atom stereocenters. The van der Waals surface area contributed by atoms with Crippen molar-refractivity contribution in [1.82, 2.24) is 4.31 Å². The second-order valence-corrected chi connectivity index (χ2v) is 7.94. The van der Waals surface area contributed by atoms with E-state index in [4.69, 9.17) is 16.4 Å². The SMILES string of the molecule is CCCN(C(C)=S)S(=O)(=O)OCC1CCS(=O)(=O)O1. The maximum absolute atomic E-state index is 11.9. The van der Waals surface area contributed by atoms with Gasteiger partial charge in [-0.15, -0.1) is 0 Å². The second kappa shape index (κ2) is 6.44. The third-order valence-corrected chi connectivity index (χ3v) is 5.49. The Kier molecular flexibility index (Phi) is 5.68. The molecule has 1 fully saturated rings. The summed E-state index contributed by atoms with van der Waals surface area (Å²) in [5.74, 6) is -0.119. The van der Waals surface area contributed by atoms with E-state index >= 15 is 0 Å². The van der Waals surface area contributed by atoms with Gasteiger partial charge in [-0.05, 0) is 19.8 Å². The van der Waals surface area contributed by atoms with Gasteiger partial charge in [0, 0.05) is 6.54 Å². The zero-order valence-corrected chi connectivity index (χ0v) is 13.2. The molecular formula is C9H17NO6S3. The van der Waals surface area contributed by atoms with E-state index in [0.717, 1.165) is 4.31 Å². The van der Waals surface area contributed by atoms with Crippen molar-refractivity contribution in [2.75, 3.05) is 18.9 Å². The molecule has 0 radical (unpaired) electrons. The zero-order chi connectivity index (χ0) is 14.7. The van der Waals surface area contributed by atoms with Gasteiger partial charge in [0.15, 0.2) is 0 Å². The molecule has 10 heteroatoms. The fraction of sp³-hybridized carbons (Fsp3) is 0.889. The summed E-state index contributed by atoms with van der Waals surface area (Å²) in [6, 6.07) is 0. The maximum atomic E-state index is 11.9. The molecule has 19 heavy (non-hydrogen) atoms. The number of hydrogen-bond acceptors (Lipinski definition) is 7. The Morgan fingerprint density at radius 1 is 1.53 bits per heavy atom. The van der Waals surface area contributed by atoms with Crippen LogP contribution in [0.4, 0.5) is 0 Å². The topological polar surface area (TPSA) is 90.0 Å². The maximum Gasteiger partial charge on any atom is 0.362 e. The van der Waals surface area contributed by atoms with Gasteiger partial charge in [-0.1, -0.05) is 19.1 Å². The third-order valence-electron chi connectivity index (χ3n) is 2.42. The standard InChI is InChI=1S/C9H17NO6S3/c1-3-5-10(8(2)17)19(13,14)15-7-9-4-6-18(11,12)16-9/h9H,3-7H2,1-2H3. The summed E-state index contributed by atoms with van der Waals surface area (Å²) in [7, 11) is -7.52. The van der Waals surface area contributed by atoms with E-state index in [-0.39, 0.29) is 30.3 Å². The summed E-state index contributed by atoms with van der Waals surface area (Å²) in [6.45, 7) is 3.20. The predicted molar refractivity (Wildman–Crippen MR) is 73.4 cm³/mol. The van der Waals surface area contributed by atoms with Crippen LogP contribution in [0.3, 0.4) is 0 Å². The first-order chi connectivity index (χ1) is 8.68. The van der Waals surface area contributed by atoms with E-state index in [1.807, 2.05) is 6.92 Å². The predicted octanol–water partition coefficient (Wildman–Crippen LogP) is 0.426. The third kappa shape index (κ3) is 4.95. The highest BCUT2D eigenvalue weighted by molar-refractivity contribution is 7.87. The second-order valence-electron chi connectivity index (χ2n) is 4.10. The zero-order valence-electron chi connectivity index (χ0n) is 10.7. The van der Waals surface area contributed by atoms with Crippen molar-refractivity contribution in [3.63, 3.8) is 0 Å². The van der Waals surface area contributed by atoms with Crippen LogP contribution in [0.5, 0.6) is 0 Å². The Morgan fingerprint density at radius 2 is 2.16 bits per heavy atom. The van der Waals surface area contributed by atoms with Crippen LogP contribution in [0.15, 0.2) is 0 Å². The Labute approximate surface area is 119 Å². The number of hydrogen-bond donors (Lipinski definition) is 0. The van der Waals surface area contributed by atoms with E-state index in [1.165, 1.54) is 6.92 Å². The summed E-state index contributed by atoms with van der Waals surface area (Å²) >= 11 is 4.86. The minimum Gasteiger partial charge on any atom is -0.264 e. The Hall–Kier alpha value is -0.290. The van der Waals surface area contributed by atoms with Crippen LogP contribution in [0.2, 0.25) is 0 Å². The Bertz CT molecular complexity index is 526. The molecule has 0 aromatic carbocycles. The monoisotopic (exact) mass is 331 g/mol. The Morgan fingerprint density at radius 3 is 2.58 bits per heavy atom. The van der Waals surface area contributed by atoms with Crippen molar-refractivity contribution >= 4 is 37.6 Å². The van der Waals surface area contributed by atoms with Gasteiger partial charge in [0.1, 0.15) is 6.10 Å². The van der Waals surface area contributed by atoms with Gasteiger partial charge in [-0.2, -0.15) is 16.8 Å². The van der Waals surface area contributed by atoms with Crippen LogP contribution in [0.1, 0.15) is 26.7 Å². The van der Waals surface area contributed by atoms with Gasteiger partial charge in [0.05, 0.1) is 17.3 Å². The molecule has 1 rings (SSSR count). The van der Waals surface area contributed by atoms with Crippen LogP contribution in [-0.2, 0) is 28.8 Å². The van der Waals surface area contributed by atoms with Gasteiger partial charge >= 0.3 is 10.3 Å². The first-order valence-electron chi connectivity index (χ1n) is 5.76. The summed E-state index contributed by atoms with van der Waals surface area (Å²) in [6.07, 6.45) is 0.0567. The summed E-state index contributed by atoms with van der Waals surface area (Å²) in [5, 5.41) is 0. The van der Waals surface area contributed by atoms with Crippen molar-refractivity contribution < 1.29 is 25.2 Å². The van der Waals surface area contributed by atoms with Gasteiger partial charge in [-0.25, -0.2) is 4.31 Å². The van der Waals surface area contributed by atoms with E-state index in [1.54, 1.807) is 0 Å². The van der Waals surface area contributed by atoms with Gasteiger partial charge in [0.2, 0.25) is 0 Å². The molecule has 1 heterocycles. The van der Waals surface area contributed by atoms with Crippen molar-refractivity contribution in [1.29, 1.82) is 0 Å². The first-order valence-corrected chi connectivity index (χ1v) is 9.11. The fourth-order valence-electron chi connectivity index (χ4n) is 1.55. The van der Waals surface area contributed by atoms with Crippen molar-refractivity contribution in [3.05, 3.63) is 0 Å². The minimum absolute atomic E-state index is 0.119. The molecule has 0 N–H and O–H groups in total. The van der Waals surface area contributed by atoms with Crippen LogP contribution < -0.4 is 0 Å². The highest BCUT2D eigenvalue weighted by atomic mass is 32.2. The van der Waals surface area contributed by atoms with Gasteiger partial charge in [0.25, 0.3) is 10.1 Å². The van der Waals surface area contributed by atoms with Gasteiger partial charge < -0.3 is 0 Å². The molecule has 0 aliphatic carbocycles. The summed E-state index contributed by atoms with van der Waals surface area (Å²) in [5.41, 5.74) is 0. The average molecular weight is 331 g/mol. The number of rotatable bonds is 6. The molecule has 0 amide bonds. The van der Waals surface area contributed by atoms with Crippen molar-refractivity contribution in [3.8, 4) is 0 Å². The van der Waals surface area contributed by atoms with Crippen molar-refractivity contribution in [2.24, 2.45) is 0 Å². The lowest BCUT2D eigenvalue weighted by atomic mass is 10.3. The molecule has 1 atom stereocenters. The fourth-order valence-corrected chi connectivity index (χ4v) is 4.30. The Balaban J connectivity index is 2.62. The molecule has 0 aromatic rings. The molecule has 1 aliphatic heterocycles. The molecule has 112 valence electrons. The normalized spacial score (nSPS) is 22.3. The summed E-state index contributed by atoms with van der Waals surface area (Å²) in [4.78, 5) is 0.182. The molecule has 0 aromatic heterocycles. The number of thiocarbonyl (C=S) groups is 1. The molecule has 7 nitrogen and oxygen atoms in total. The molecule has 1 saturated heterocycles. The highest BCUT2D eigenvalue weighted by Crippen LogP contribution is 2.17. The smallest absolute Gasteiger partial charge is 0.264 e. The molecule has 0 saturated carbocycles. The molecule has 1 aliphatic rings. The lowest BCUT2D eigenvalue weighted by molar-refractivity contribution is 0.149. The van der Waals surface area contributed by atoms with Crippen LogP contribution in [-0.4, -0.2) is 51.1 Å². The largest absolute Gasteiger partial charge is 0.362 e. The number of nitrogens with zero attached hydrogens (tertiary/aromatic N) is 1. The lowest BCUT2D eigenvalue weighted by Crippen LogP contribution is -2.37.